The van der Waals surface area contributed by atoms with E-state index in [2.05, 4.69) is 10.3 Å². The molecule has 9 nitrogen and oxygen atoms in total. The number of nitro groups is 1. The summed E-state index contributed by atoms with van der Waals surface area (Å²) < 4.78 is 29.3. The van der Waals surface area contributed by atoms with E-state index in [1.165, 1.54) is 16.4 Å². The molecule has 1 aliphatic rings. The first-order valence-electron chi connectivity index (χ1n) is 10.5. The predicted molar refractivity (Wildman–Crippen MR) is 121 cm³/mol. The largest absolute Gasteiger partial charge is 0.366 e. The Hall–Kier alpha value is -3.24. The number of nitrogens with one attached hydrogen (secondary N) is 1. The molecule has 2 heterocycles. The summed E-state index contributed by atoms with van der Waals surface area (Å²) in [5, 5.41) is 15.1. The van der Waals surface area contributed by atoms with Crippen LogP contribution in [-0.2, 0) is 17.1 Å². The minimum Gasteiger partial charge on any atom is -0.366 e. The van der Waals surface area contributed by atoms with Gasteiger partial charge in [0, 0.05) is 38.6 Å². The maximum atomic E-state index is 13.0. The zero-order valence-corrected chi connectivity index (χ0v) is 18.5. The number of hydrogen-bond acceptors (Lipinski definition) is 6. The minimum absolute atomic E-state index is 0.0649. The van der Waals surface area contributed by atoms with Gasteiger partial charge in [0.1, 0.15) is 17.6 Å². The van der Waals surface area contributed by atoms with Gasteiger partial charge >= 0.3 is 0 Å². The van der Waals surface area contributed by atoms with Crippen LogP contribution in [0.5, 0.6) is 0 Å². The van der Waals surface area contributed by atoms with Crippen LogP contribution in [0.25, 0.3) is 0 Å². The van der Waals surface area contributed by atoms with Gasteiger partial charge in [-0.25, -0.2) is 13.4 Å². The van der Waals surface area contributed by atoms with Crippen LogP contribution in [0.15, 0.2) is 65.8 Å². The van der Waals surface area contributed by atoms with Crippen LogP contribution in [0.3, 0.4) is 0 Å². The summed E-state index contributed by atoms with van der Waals surface area (Å²) in [6, 6.07) is 13.1. The second-order valence-corrected chi connectivity index (χ2v) is 9.72. The Morgan fingerprint density at radius 1 is 1.09 bits per heavy atom. The van der Waals surface area contributed by atoms with Crippen molar-refractivity contribution in [1.82, 2.24) is 13.9 Å². The quantitative estimate of drug-likeness (QED) is 0.430. The molecule has 10 heteroatoms. The van der Waals surface area contributed by atoms with E-state index in [1.807, 2.05) is 41.9 Å². The number of rotatable bonds is 7. The second kappa shape index (κ2) is 9.09. The molecule has 0 aliphatic carbocycles. The number of nitrogens with zero attached hydrogens (tertiary/aromatic N) is 4. The molecule has 2 aromatic carbocycles. The van der Waals surface area contributed by atoms with Crippen molar-refractivity contribution in [2.45, 2.75) is 30.2 Å². The number of aromatic nitrogens is 2. The van der Waals surface area contributed by atoms with E-state index in [-0.39, 0.29) is 16.3 Å². The number of benzene rings is 2. The Morgan fingerprint density at radius 3 is 2.44 bits per heavy atom. The van der Waals surface area contributed by atoms with Gasteiger partial charge in [-0.2, -0.15) is 4.31 Å². The van der Waals surface area contributed by atoms with Crippen molar-refractivity contribution in [1.29, 1.82) is 0 Å². The highest BCUT2D eigenvalue weighted by molar-refractivity contribution is 7.89. The lowest BCUT2D eigenvalue weighted by molar-refractivity contribution is -0.384. The maximum Gasteiger partial charge on any atom is 0.293 e. The molecule has 0 saturated carbocycles. The fraction of sp³-hybridized carbons (Fsp3) is 0.318. The van der Waals surface area contributed by atoms with Gasteiger partial charge in [0.15, 0.2) is 0 Å². The van der Waals surface area contributed by atoms with Crippen LogP contribution in [0.1, 0.15) is 36.7 Å². The molecule has 1 saturated heterocycles. The van der Waals surface area contributed by atoms with Gasteiger partial charge in [0.05, 0.1) is 9.82 Å². The first kappa shape index (κ1) is 22.0. The lowest BCUT2D eigenvalue weighted by atomic mass is 10.1. The molecular weight excluding hydrogens is 430 g/mol. The summed E-state index contributed by atoms with van der Waals surface area (Å²) in [4.78, 5) is 15.7. The zero-order valence-electron chi connectivity index (χ0n) is 17.7. The molecule has 1 atom stereocenters. The molecule has 0 amide bonds. The fourth-order valence-corrected chi connectivity index (χ4v) is 5.49. The van der Waals surface area contributed by atoms with E-state index in [0.29, 0.717) is 18.9 Å². The van der Waals surface area contributed by atoms with Crippen LogP contribution in [-0.4, -0.2) is 40.3 Å². The minimum atomic E-state index is -3.78. The van der Waals surface area contributed by atoms with Crippen LogP contribution in [0.2, 0.25) is 0 Å². The van der Waals surface area contributed by atoms with E-state index in [0.717, 1.165) is 30.9 Å². The van der Waals surface area contributed by atoms with Crippen molar-refractivity contribution in [3.63, 3.8) is 0 Å². The van der Waals surface area contributed by atoms with Gasteiger partial charge in [0.2, 0.25) is 10.0 Å². The Labute approximate surface area is 186 Å². The molecule has 1 N–H and O–H groups in total. The van der Waals surface area contributed by atoms with Crippen LogP contribution in [0, 0.1) is 10.1 Å². The average molecular weight is 456 g/mol. The van der Waals surface area contributed by atoms with E-state index in [4.69, 9.17) is 0 Å². The summed E-state index contributed by atoms with van der Waals surface area (Å²) in [6.45, 7) is 0.872. The highest BCUT2D eigenvalue weighted by atomic mass is 32.2. The van der Waals surface area contributed by atoms with Crippen LogP contribution in [0.4, 0.5) is 11.4 Å². The van der Waals surface area contributed by atoms with Gasteiger partial charge in [-0.3, -0.25) is 10.1 Å². The molecular formula is C22H25N5O4S. The molecule has 32 heavy (non-hydrogen) atoms. The molecule has 4 rings (SSSR count). The molecule has 1 aromatic heterocycles. The Bertz CT molecular complexity index is 1200. The Kier molecular flexibility index (Phi) is 6.24. The van der Waals surface area contributed by atoms with Gasteiger partial charge in [0.25, 0.3) is 5.69 Å². The fourth-order valence-electron chi connectivity index (χ4n) is 3.95. The van der Waals surface area contributed by atoms with Crippen LogP contribution < -0.4 is 5.32 Å². The number of aryl methyl sites for hydroxylation is 1. The van der Waals surface area contributed by atoms with Gasteiger partial charge in [-0.05, 0) is 30.5 Å². The average Bonchev–Trinajstić information content (AvgIpc) is 3.24. The van der Waals surface area contributed by atoms with Crippen molar-refractivity contribution < 1.29 is 13.3 Å². The maximum absolute atomic E-state index is 13.0. The van der Waals surface area contributed by atoms with Crippen molar-refractivity contribution in [2.24, 2.45) is 7.05 Å². The molecule has 1 fully saturated rings. The summed E-state index contributed by atoms with van der Waals surface area (Å²) in [6.07, 6.45) is 6.04. The predicted octanol–water partition coefficient (Wildman–Crippen LogP) is 3.70. The SMILES string of the molecule is Cn1ccnc1C(Nc1ccc(S(=O)(=O)N2CCCCC2)cc1[N+](=O)[O-])c1ccccc1. The Balaban J connectivity index is 1.72. The molecule has 3 aromatic rings. The van der Waals surface area contributed by atoms with Crippen molar-refractivity contribution >= 4 is 21.4 Å². The lowest BCUT2D eigenvalue weighted by Crippen LogP contribution is -2.35. The number of sulfonamides is 1. The van der Waals surface area contributed by atoms with Gasteiger partial charge in [-0.1, -0.05) is 36.8 Å². The third-order valence-corrected chi connectivity index (χ3v) is 7.56. The third-order valence-electron chi connectivity index (χ3n) is 5.67. The smallest absolute Gasteiger partial charge is 0.293 e. The number of nitro benzene ring substituents is 1. The first-order valence-corrected chi connectivity index (χ1v) is 11.9. The van der Waals surface area contributed by atoms with Crippen molar-refractivity contribution in [2.75, 3.05) is 18.4 Å². The molecule has 168 valence electrons. The van der Waals surface area contributed by atoms with E-state index in [1.54, 1.807) is 12.4 Å². The number of imidazole rings is 1. The molecule has 0 radical (unpaired) electrons. The Morgan fingerprint density at radius 2 is 1.81 bits per heavy atom. The zero-order chi connectivity index (χ0) is 22.7. The number of piperidine rings is 1. The summed E-state index contributed by atoms with van der Waals surface area (Å²) >= 11 is 0. The number of anilines is 1. The summed E-state index contributed by atoms with van der Waals surface area (Å²) in [5.74, 6) is 0.676. The highest BCUT2D eigenvalue weighted by Crippen LogP contribution is 2.34. The van der Waals surface area contributed by atoms with E-state index >= 15 is 0 Å². The van der Waals surface area contributed by atoms with Gasteiger partial charge in [-0.15, -0.1) is 0 Å². The summed E-state index contributed by atoms with van der Waals surface area (Å²) in [5.41, 5.74) is 0.809. The number of hydrogen-bond donors (Lipinski definition) is 1. The third kappa shape index (κ3) is 4.37. The van der Waals surface area contributed by atoms with Crippen molar-refractivity contribution in [3.05, 3.63) is 82.4 Å². The topological polar surface area (TPSA) is 110 Å². The molecule has 0 spiro atoms. The van der Waals surface area contributed by atoms with E-state index in [9.17, 15) is 18.5 Å². The molecule has 1 aliphatic heterocycles. The molecule has 1 unspecified atom stereocenters. The monoisotopic (exact) mass is 455 g/mol. The second-order valence-electron chi connectivity index (χ2n) is 7.79. The molecule has 0 bridgehead atoms. The van der Waals surface area contributed by atoms with Gasteiger partial charge < -0.3 is 9.88 Å². The standard InChI is InChI=1S/C22H25N5O4S/c1-25-15-12-23-22(25)21(17-8-4-2-5-9-17)24-19-11-10-18(16-20(19)27(28)29)32(30,31)26-13-6-3-7-14-26/h2,4-5,8-12,15-16,21,24H,3,6-7,13-14H2,1H3. The highest BCUT2D eigenvalue weighted by Gasteiger charge is 2.29. The normalized spacial score (nSPS) is 15.9. The lowest BCUT2D eigenvalue weighted by Gasteiger charge is -2.26. The van der Waals surface area contributed by atoms with Crippen molar-refractivity contribution in [3.8, 4) is 0 Å². The van der Waals surface area contributed by atoms with Crippen LogP contribution >= 0.6 is 0 Å². The summed E-state index contributed by atoms with van der Waals surface area (Å²) in [7, 11) is -1.93. The first-order chi connectivity index (χ1) is 15.4. The van der Waals surface area contributed by atoms with E-state index < -0.39 is 21.0 Å².